The molecule has 3 N–H and O–H groups in total. The largest absolute Gasteiger partial charge is 0.490 e. The molecule has 0 amide bonds. The standard InChI is InChI=1S/C21H26N4O3.HI/c22-21(24-17-4-7-19-20(14-17)28-11-1-10-27-19)23-15-16-2-5-18(6-3-16)25-8-12-26-13-9-25;/h2-7,14H,1,8-13,15H2,(H3,22,23,24);1H. The van der Waals surface area contributed by atoms with Crippen LogP contribution in [0.5, 0.6) is 11.5 Å². The van der Waals surface area contributed by atoms with Crippen molar-refractivity contribution >= 4 is 41.3 Å². The second kappa shape index (κ2) is 10.5. The molecule has 2 aromatic carbocycles. The van der Waals surface area contributed by atoms with Gasteiger partial charge in [-0.3, -0.25) is 0 Å². The van der Waals surface area contributed by atoms with E-state index in [1.54, 1.807) is 0 Å². The lowest BCUT2D eigenvalue weighted by Gasteiger charge is -2.28. The van der Waals surface area contributed by atoms with Crippen molar-refractivity contribution in [2.75, 3.05) is 49.7 Å². The van der Waals surface area contributed by atoms with Gasteiger partial charge in [-0.05, 0) is 29.8 Å². The summed E-state index contributed by atoms with van der Waals surface area (Å²) in [4.78, 5) is 6.77. The first-order valence-electron chi connectivity index (χ1n) is 9.66. The molecule has 1 saturated heterocycles. The number of hydrogen-bond acceptors (Lipinski definition) is 5. The van der Waals surface area contributed by atoms with Gasteiger partial charge in [0.2, 0.25) is 0 Å². The molecule has 0 atom stereocenters. The number of ether oxygens (including phenoxy) is 3. The molecule has 2 aromatic rings. The Labute approximate surface area is 188 Å². The summed E-state index contributed by atoms with van der Waals surface area (Å²) in [5.41, 5.74) is 9.21. The van der Waals surface area contributed by atoms with E-state index in [1.165, 1.54) is 5.69 Å². The van der Waals surface area contributed by atoms with E-state index in [4.69, 9.17) is 19.9 Å². The Morgan fingerprint density at radius 3 is 2.45 bits per heavy atom. The molecule has 1 fully saturated rings. The van der Waals surface area contributed by atoms with Crippen molar-refractivity contribution in [1.29, 1.82) is 0 Å². The van der Waals surface area contributed by atoms with Crippen LogP contribution >= 0.6 is 24.0 Å². The second-order valence-electron chi connectivity index (χ2n) is 6.80. The minimum Gasteiger partial charge on any atom is -0.490 e. The Balaban J connectivity index is 0.00000240. The number of nitrogens with zero attached hydrogens (tertiary/aromatic N) is 2. The number of anilines is 2. The molecule has 0 aromatic heterocycles. The molecule has 2 heterocycles. The summed E-state index contributed by atoms with van der Waals surface area (Å²) in [6, 6.07) is 14.1. The van der Waals surface area contributed by atoms with E-state index < -0.39 is 0 Å². The van der Waals surface area contributed by atoms with Crippen molar-refractivity contribution in [2.24, 2.45) is 10.7 Å². The van der Waals surface area contributed by atoms with Crippen molar-refractivity contribution in [3.63, 3.8) is 0 Å². The van der Waals surface area contributed by atoms with Crippen molar-refractivity contribution in [1.82, 2.24) is 0 Å². The van der Waals surface area contributed by atoms with Gasteiger partial charge in [0.15, 0.2) is 17.5 Å². The quantitative estimate of drug-likeness (QED) is 0.374. The fraction of sp³-hybridized carbons (Fsp3) is 0.381. The Kier molecular flexibility index (Phi) is 7.82. The van der Waals surface area contributed by atoms with E-state index in [0.29, 0.717) is 25.7 Å². The summed E-state index contributed by atoms with van der Waals surface area (Å²) < 4.78 is 16.7. The van der Waals surface area contributed by atoms with Gasteiger partial charge in [0.25, 0.3) is 0 Å². The highest BCUT2D eigenvalue weighted by atomic mass is 127. The Morgan fingerprint density at radius 1 is 0.966 bits per heavy atom. The van der Waals surface area contributed by atoms with Gasteiger partial charge >= 0.3 is 0 Å². The van der Waals surface area contributed by atoms with Crippen molar-refractivity contribution in [3.8, 4) is 11.5 Å². The smallest absolute Gasteiger partial charge is 0.193 e. The van der Waals surface area contributed by atoms with E-state index in [-0.39, 0.29) is 24.0 Å². The minimum atomic E-state index is 0. The number of nitrogens with two attached hydrogens (primary N) is 1. The maximum Gasteiger partial charge on any atom is 0.193 e. The summed E-state index contributed by atoms with van der Waals surface area (Å²) in [5.74, 6) is 1.86. The van der Waals surface area contributed by atoms with Gasteiger partial charge in [-0.25, -0.2) is 4.99 Å². The molecule has 0 aliphatic carbocycles. The van der Waals surface area contributed by atoms with Gasteiger partial charge in [0, 0.05) is 37.0 Å². The molecule has 156 valence electrons. The first-order chi connectivity index (χ1) is 13.8. The summed E-state index contributed by atoms with van der Waals surface area (Å²) in [6.07, 6.45) is 0.880. The van der Waals surface area contributed by atoms with Crippen LogP contribution in [0.25, 0.3) is 0 Å². The van der Waals surface area contributed by atoms with E-state index in [9.17, 15) is 0 Å². The number of nitrogens with one attached hydrogen (secondary N) is 1. The first-order valence-corrected chi connectivity index (χ1v) is 9.66. The molecule has 0 saturated carbocycles. The molecule has 29 heavy (non-hydrogen) atoms. The monoisotopic (exact) mass is 510 g/mol. The highest BCUT2D eigenvalue weighted by Crippen LogP contribution is 2.32. The number of guanidine groups is 1. The maximum atomic E-state index is 6.05. The SMILES string of the molecule is I.NC(=NCc1ccc(N2CCOCC2)cc1)Nc1ccc2c(c1)OCCCO2. The Hall–Kier alpha value is -2.20. The number of rotatable bonds is 4. The molecule has 2 aliphatic rings. The number of halogens is 1. The van der Waals surface area contributed by atoms with Crippen LogP contribution in [-0.2, 0) is 11.3 Å². The number of morpholine rings is 1. The van der Waals surface area contributed by atoms with Crippen LogP contribution in [0.15, 0.2) is 47.5 Å². The van der Waals surface area contributed by atoms with E-state index in [0.717, 1.165) is 55.5 Å². The number of benzene rings is 2. The maximum absolute atomic E-state index is 6.05. The van der Waals surface area contributed by atoms with E-state index in [1.807, 2.05) is 18.2 Å². The molecule has 2 aliphatic heterocycles. The third kappa shape index (κ3) is 5.89. The molecule has 0 radical (unpaired) electrons. The topological polar surface area (TPSA) is 81.3 Å². The number of fused-ring (bicyclic) bond motifs is 1. The lowest BCUT2D eigenvalue weighted by atomic mass is 10.2. The van der Waals surface area contributed by atoms with Gasteiger partial charge in [-0.2, -0.15) is 0 Å². The molecule has 0 unspecified atom stereocenters. The highest BCUT2D eigenvalue weighted by Gasteiger charge is 2.12. The zero-order valence-electron chi connectivity index (χ0n) is 16.3. The number of hydrogen-bond donors (Lipinski definition) is 2. The van der Waals surface area contributed by atoms with Crippen molar-refractivity contribution < 1.29 is 14.2 Å². The molecular weight excluding hydrogens is 483 g/mol. The van der Waals surface area contributed by atoms with Crippen LogP contribution in [0, 0.1) is 0 Å². The number of aliphatic imine (C=N–C) groups is 1. The van der Waals surface area contributed by atoms with Crippen LogP contribution in [0.2, 0.25) is 0 Å². The highest BCUT2D eigenvalue weighted by molar-refractivity contribution is 14.0. The van der Waals surface area contributed by atoms with Gasteiger partial charge < -0.3 is 30.2 Å². The predicted molar refractivity (Wildman–Crippen MR) is 126 cm³/mol. The summed E-state index contributed by atoms with van der Waals surface area (Å²) in [6.45, 7) is 5.29. The minimum absolute atomic E-state index is 0. The van der Waals surface area contributed by atoms with Crippen LogP contribution in [0.1, 0.15) is 12.0 Å². The summed E-state index contributed by atoms with van der Waals surface area (Å²) in [5, 5.41) is 3.12. The van der Waals surface area contributed by atoms with E-state index in [2.05, 4.69) is 39.5 Å². The fourth-order valence-electron chi connectivity index (χ4n) is 3.24. The molecule has 7 nitrogen and oxygen atoms in total. The lowest BCUT2D eigenvalue weighted by Crippen LogP contribution is -2.36. The molecule has 0 bridgehead atoms. The summed E-state index contributed by atoms with van der Waals surface area (Å²) in [7, 11) is 0. The normalized spacial score (nSPS) is 16.6. The van der Waals surface area contributed by atoms with Crippen LogP contribution in [-0.4, -0.2) is 45.5 Å². The lowest BCUT2D eigenvalue weighted by molar-refractivity contribution is 0.122. The van der Waals surface area contributed by atoms with Gasteiger partial charge in [-0.1, -0.05) is 12.1 Å². The van der Waals surface area contributed by atoms with Gasteiger partial charge in [0.1, 0.15) is 0 Å². The average Bonchev–Trinajstić information content (AvgIpc) is 2.98. The molecular formula is C21H27IN4O3. The first kappa shape index (κ1) is 21.5. The average molecular weight is 510 g/mol. The third-order valence-electron chi connectivity index (χ3n) is 4.76. The second-order valence-corrected chi connectivity index (χ2v) is 6.80. The molecule has 0 spiro atoms. The Morgan fingerprint density at radius 2 is 1.69 bits per heavy atom. The van der Waals surface area contributed by atoms with Crippen LogP contribution < -0.4 is 25.4 Å². The van der Waals surface area contributed by atoms with Gasteiger partial charge in [-0.15, -0.1) is 24.0 Å². The summed E-state index contributed by atoms with van der Waals surface area (Å²) >= 11 is 0. The van der Waals surface area contributed by atoms with Crippen LogP contribution in [0.4, 0.5) is 11.4 Å². The molecule has 8 heteroatoms. The zero-order chi connectivity index (χ0) is 19.2. The van der Waals surface area contributed by atoms with E-state index >= 15 is 0 Å². The van der Waals surface area contributed by atoms with Gasteiger partial charge in [0.05, 0.1) is 33.0 Å². The molecule has 4 rings (SSSR count). The predicted octanol–water partition coefficient (Wildman–Crippen LogP) is 3.23. The van der Waals surface area contributed by atoms with Crippen molar-refractivity contribution in [2.45, 2.75) is 13.0 Å². The Bertz CT molecular complexity index is 823. The van der Waals surface area contributed by atoms with Crippen molar-refractivity contribution in [3.05, 3.63) is 48.0 Å². The zero-order valence-corrected chi connectivity index (χ0v) is 18.6. The van der Waals surface area contributed by atoms with Crippen LogP contribution in [0.3, 0.4) is 0 Å². The third-order valence-corrected chi connectivity index (χ3v) is 4.76. The fourth-order valence-corrected chi connectivity index (χ4v) is 3.24.